The number of nitrogens with zero attached hydrogens (tertiary/aromatic N) is 3. The Morgan fingerprint density at radius 1 is 0.378 bits per heavy atom. The lowest BCUT2D eigenvalue weighted by Crippen LogP contribution is -2.00. The van der Waals surface area contributed by atoms with Crippen molar-refractivity contribution in [1.29, 1.82) is 0 Å². The fraction of sp³-hybridized carbons (Fsp3) is 0. The zero-order valence-corrected chi connectivity index (χ0v) is 24.2. The first-order valence-electron chi connectivity index (χ1n) is 15.0. The monoisotopic (exact) mass is 575 g/mol. The van der Waals surface area contributed by atoms with E-state index >= 15 is 0 Å². The molecule has 0 radical (unpaired) electrons. The summed E-state index contributed by atoms with van der Waals surface area (Å²) < 4.78 is 6.61. The minimum Gasteiger partial charge on any atom is -0.455 e. The second-order valence-electron chi connectivity index (χ2n) is 11.2. The highest BCUT2D eigenvalue weighted by atomic mass is 16.3. The molecule has 0 unspecified atom stereocenters. The van der Waals surface area contributed by atoms with Gasteiger partial charge in [-0.2, -0.15) is 0 Å². The molecule has 0 spiro atoms. The third-order valence-electron chi connectivity index (χ3n) is 8.52. The van der Waals surface area contributed by atoms with Gasteiger partial charge >= 0.3 is 0 Å². The van der Waals surface area contributed by atoms with Crippen molar-refractivity contribution >= 4 is 43.5 Å². The first-order valence-corrected chi connectivity index (χ1v) is 15.0. The lowest BCUT2D eigenvalue weighted by Gasteiger charge is -2.14. The van der Waals surface area contributed by atoms with Crippen LogP contribution in [-0.2, 0) is 0 Å². The second-order valence-corrected chi connectivity index (χ2v) is 11.2. The molecular weight excluding hydrogens is 550 g/mol. The number of fused-ring (bicyclic) bond motifs is 5. The van der Waals surface area contributed by atoms with Crippen LogP contribution in [0.4, 0.5) is 0 Å². The van der Waals surface area contributed by atoms with E-state index < -0.39 is 0 Å². The molecule has 0 N–H and O–H groups in total. The van der Waals surface area contributed by atoms with E-state index in [2.05, 4.69) is 78.9 Å². The zero-order chi connectivity index (χ0) is 29.7. The molecular formula is C41H25N3O. The lowest BCUT2D eigenvalue weighted by atomic mass is 9.90. The first kappa shape index (κ1) is 25.4. The number of hydrogen-bond acceptors (Lipinski definition) is 4. The maximum Gasteiger partial charge on any atom is 0.164 e. The number of benzene rings is 7. The largest absolute Gasteiger partial charge is 0.455 e. The second kappa shape index (κ2) is 10.2. The van der Waals surface area contributed by atoms with Gasteiger partial charge in [0.25, 0.3) is 0 Å². The summed E-state index contributed by atoms with van der Waals surface area (Å²) in [6, 6.07) is 52.1. The quantitative estimate of drug-likeness (QED) is 0.209. The Kier molecular flexibility index (Phi) is 5.78. The van der Waals surface area contributed by atoms with E-state index in [1.807, 2.05) is 72.8 Å². The summed E-state index contributed by atoms with van der Waals surface area (Å²) in [5.41, 5.74) is 6.82. The molecule has 0 bridgehead atoms. The van der Waals surface area contributed by atoms with Gasteiger partial charge in [0.05, 0.1) is 0 Å². The van der Waals surface area contributed by atoms with Gasteiger partial charge in [-0.05, 0) is 39.2 Å². The number of hydrogen-bond donors (Lipinski definition) is 0. The SMILES string of the molecule is c1ccc(-c2nc(-c3ccccc3)nc(-c3cccc4c(-c5c6ccccc6cc6c5oc5ccccc56)cccc34)n2)cc1. The van der Waals surface area contributed by atoms with Crippen LogP contribution in [0.1, 0.15) is 0 Å². The molecule has 45 heavy (non-hydrogen) atoms. The van der Waals surface area contributed by atoms with Crippen molar-refractivity contribution in [3.05, 3.63) is 152 Å². The first-order chi connectivity index (χ1) is 22.3. The number of aromatic nitrogens is 3. The molecule has 7 aromatic carbocycles. The van der Waals surface area contributed by atoms with E-state index in [0.717, 1.165) is 65.9 Å². The minimum atomic E-state index is 0.636. The van der Waals surface area contributed by atoms with Crippen molar-refractivity contribution in [2.24, 2.45) is 0 Å². The molecule has 0 aliphatic heterocycles. The van der Waals surface area contributed by atoms with Crippen molar-refractivity contribution in [1.82, 2.24) is 15.0 Å². The molecule has 0 saturated carbocycles. The van der Waals surface area contributed by atoms with Crippen LogP contribution in [-0.4, -0.2) is 15.0 Å². The highest BCUT2D eigenvalue weighted by Gasteiger charge is 2.20. The van der Waals surface area contributed by atoms with Crippen molar-refractivity contribution in [3.8, 4) is 45.3 Å². The Labute approximate surface area is 259 Å². The van der Waals surface area contributed by atoms with E-state index in [0.29, 0.717) is 17.5 Å². The Morgan fingerprint density at radius 2 is 0.911 bits per heavy atom. The summed E-state index contributed by atoms with van der Waals surface area (Å²) in [6.45, 7) is 0. The molecule has 0 atom stereocenters. The highest BCUT2D eigenvalue weighted by molar-refractivity contribution is 6.21. The third-order valence-corrected chi connectivity index (χ3v) is 8.52. The standard InChI is InChI=1S/C41H25N3O/c1-3-13-26(14-4-1)39-42-40(27-15-5-2-6-16-27)44-41(43-39)34-23-12-20-30-31(34)21-11-22-33(30)37-29-18-8-7-17-28(29)25-35-32-19-9-10-24-36(32)45-38(35)37/h1-25H. The molecule has 0 amide bonds. The summed E-state index contributed by atoms with van der Waals surface area (Å²) in [4.78, 5) is 15.0. The summed E-state index contributed by atoms with van der Waals surface area (Å²) in [6.07, 6.45) is 0. The number of rotatable bonds is 4. The van der Waals surface area contributed by atoms with Crippen molar-refractivity contribution in [2.45, 2.75) is 0 Å². The number of furan rings is 1. The van der Waals surface area contributed by atoms with Gasteiger partial charge in [-0.1, -0.05) is 140 Å². The Hall–Kier alpha value is -6.13. The van der Waals surface area contributed by atoms with E-state index in [-0.39, 0.29) is 0 Å². The Balaban J connectivity index is 1.33. The Morgan fingerprint density at radius 3 is 1.62 bits per heavy atom. The van der Waals surface area contributed by atoms with Crippen LogP contribution < -0.4 is 0 Å². The van der Waals surface area contributed by atoms with Crippen molar-refractivity contribution in [2.75, 3.05) is 0 Å². The van der Waals surface area contributed by atoms with Gasteiger partial charge in [0.1, 0.15) is 11.2 Å². The van der Waals surface area contributed by atoms with Crippen LogP contribution in [0.25, 0.3) is 88.8 Å². The molecule has 4 heteroatoms. The van der Waals surface area contributed by atoms with Crippen LogP contribution in [0.2, 0.25) is 0 Å². The minimum absolute atomic E-state index is 0.636. The molecule has 0 saturated heterocycles. The van der Waals surface area contributed by atoms with E-state index in [9.17, 15) is 0 Å². The molecule has 9 rings (SSSR count). The third kappa shape index (κ3) is 4.19. The molecule has 4 nitrogen and oxygen atoms in total. The van der Waals surface area contributed by atoms with Gasteiger partial charge in [0, 0.05) is 33.0 Å². The van der Waals surface area contributed by atoms with Gasteiger partial charge in [0.2, 0.25) is 0 Å². The normalized spacial score (nSPS) is 11.6. The van der Waals surface area contributed by atoms with E-state index in [4.69, 9.17) is 19.4 Å². The molecule has 9 aromatic rings. The maximum absolute atomic E-state index is 6.61. The summed E-state index contributed by atoms with van der Waals surface area (Å²) in [5.74, 6) is 1.92. The molecule has 2 heterocycles. The van der Waals surface area contributed by atoms with Crippen LogP contribution in [0.15, 0.2) is 156 Å². The topological polar surface area (TPSA) is 51.8 Å². The summed E-state index contributed by atoms with van der Waals surface area (Å²) >= 11 is 0. The average molecular weight is 576 g/mol. The zero-order valence-electron chi connectivity index (χ0n) is 24.2. The molecule has 0 aliphatic carbocycles. The fourth-order valence-electron chi connectivity index (χ4n) is 6.44. The Bertz CT molecular complexity index is 2480. The van der Waals surface area contributed by atoms with Gasteiger partial charge in [0.15, 0.2) is 17.5 Å². The predicted molar refractivity (Wildman–Crippen MR) is 184 cm³/mol. The van der Waals surface area contributed by atoms with Gasteiger partial charge in [-0.3, -0.25) is 0 Å². The van der Waals surface area contributed by atoms with Crippen molar-refractivity contribution in [3.63, 3.8) is 0 Å². The van der Waals surface area contributed by atoms with E-state index in [1.165, 1.54) is 5.39 Å². The van der Waals surface area contributed by atoms with Gasteiger partial charge < -0.3 is 4.42 Å². The van der Waals surface area contributed by atoms with Crippen LogP contribution >= 0.6 is 0 Å². The molecule has 0 fully saturated rings. The summed E-state index contributed by atoms with van der Waals surface area (Å²) in [7, 11) is 0. The van der Waals surface area contributed by atoms with Gasteiger partial charge in [-0.25, -0.2) is 15.0 Å². The molecule has 210 valence electrons. The van der Waals surface area contributed by atoms with Crippen LogP contribution in [0, 0.1) is 0 Å². The summed E-state index contributed by atoms with van der Waals surface area (Å²) in [5, 5.41) is 6.74. The van der Waals surface area contributed by atoms with E-state index in [1.54, 1.807) is 0 Å². The number of para-hydroxylation sites is 1. The fourth-order valence-corrected chi connectivity index (χ4v) is 6.44. The molecule has 2 aromatic heterocycles. The lowest BCUT2D eigenvalue weighted by molar-refractivity contribution is 0.670. The maximum atomic E-state index is 6.61. The molecule has 0 aliphatic rings. The predicted octanol–water partition coefficient (Wildman–Crippen LogP) is 10.7. The van der Waals surface area contributed by atoms with Crippen LogP contribution in [0.3, 0.4) is 0 Å². The highest BCUT2D eigenvalue weighted by Crippen LogP contribution is 2.44. The average Bonchev–Trinajstić information content (AvgIpc) is 3.49. The smallest absolute Gasteiger partial charge is 0.164 e. The van der Waals surface area contributed by atoms with Crippen molar-refractivity contribution < 1.29 is 4.42 Å². The van der Waals surface area contributed by atoms with Gasteiger partial charge in [-0.15, -0.1) is 0 Å². The van der Waals surface area contributed by atoms with Crippen LogP contribution in [0.5, 0.6) is 0 Å².